The molecular weight excluding hydrogens is 267 g/mol. The molecule has 7 heteroatoms. The molecule has 0 saturated carbocycles. The fourth-order valence-corrected chi connectivity index (χ4v) is 4.13. The Hall–Kier alpha value is -0.430. The summed E-state index contributed by atoms with van der Waals surface area (Å²) in [5.41, 5.74) is -2.57. The standard InChI is InChI=1S/C11H16F3NO2S/c1-7-8(2-5-18-7)15-4-3-10(6-15,9(16)17)11(12,13)14/h7-8H,2-6H2,1H3,(H,16,17). The van der Waals surface area contributed by atoms with Gasteiger partial charge >= 0.3 is 12.1 Å². The molecule has 3 atom stereocenters. The molecule has 2 fully saturated rings. The Bertz CT molecular complexity index is 350. The van der Waals surface area contributed by atoms with Crippen LogP contribution in [0, 0.1) is 5.41 Å². The maximum Gasteiger partial charge on any atom is 0.406 e. The third-order valence-electron chi connectivity index (χ3n) is 4.06. The summed E-state index contributed by atoms with van der Waals surface area (Å²) in [5.74, 6) is -0.801. The molecule has 0 amide bonds. The van der Waals surface area contributed by atoms with Crippen molar-refractivity contribution in [3.8, 4) is 0 Å². The summed E-state index contributed by atoms with van der Waals surface area (Å²) in [6, 6.07) is 0.0820. The highest BCUT2D eigenvalue weighted by Crippen LogP contribution is 2.47. The van der Waals surface area contributed by atoms with Crippen LogP contribution in [0.3, 0.4) is 0 Å². The van der Waals surface area contributed by atoms with Crippen LogP contribution in [0.4, 0.5) is 13.2 Å². The highest BCUT2D eigenvalue weighted by Gasteiger charge is 2.64. The molecule has 2 rings (SSSR count). The van der Waals surface area contributed by atoms with Crippen molar-refractivity contribution in [1.29, 1.82) is 0 Å². The summed E-state index contributed by atoms with van der Waals surface area (Å²) in [6.07, 6.45) is -4.17. The van der Waals surface area contributed by atoms with E-state index >= 15 is 0 Å². The number of rotatable bonds is 2. The normalized spacial score (nSPS) is 38.2. The number of carboxylic acid groups (broad SMARTS) is 1. The van der Waals surface area contributed by atoms with Crippen molar-refractivity contribution in [2.24, 2.45) is 5.41 Å². The van der Waals surface area contributed by atoms with Gasteiger partial charge in [0.05, 0.1) is 0 Å². The molecule has 0 aliphatic carbocycles. The van der Waals surface area contributed by atoms with E-state index in [2.05, 4.69) is 0 Å². The van der Waals surface area contributed by atoms with E-state index in [1.807, 2.05) is 6.92 Å². The summed E-state index contributed by atoms with van der Waals surface area (Å²) in [5, 5.41) is 9.25. The molecule has 0 aromatic heterocycles. The fourth-order valence-electron chi connectivity index (χ4n) is 2.85. The Balaban J connectivity index is 2.16. The van der Waals surface area contributed by atoms with E-state index in [1.54, 1.807) is 16.7 Å². The number of nitrogens with zero attached hydrogens (tertiary/aromatic N) is 1. The van der Waals surface area contributed by atoms with Gasteiger partial charge in [-0.05, 0) is 18.6 Å². The molecule has 0 radical (unpaired) electrons. The average Bonchev–Trinajstić information content (AvgIpc) is 2.82. The maximum absolute atomic E-state index is 13.0. The molecule has 0 bridgehead atoms. The lowest BCUT2D eigenvalue weighted by Gasteiger charge is -2.30. The molecule has 0 spiro atoms. The van der Waals surface area contributed by atoms with Crippen LogP contribution in [0.15, 0.2) is 0 Å². The highest BCUT2D eigenvalue weighted by molar-refractivity contribution is 8.00. The number of aliphatic carboxylic acids is 1. The smallest absolute Gasteiger partial charge is 0.406 e. The van der Waals surface area contributed by atoms with E-state index in [-0.39, 0.29) is 24.3 Å². The molecule has 0 aromatic carbocycles. The van der Waals surface area contributed by atoms with Crippen molar-refractivity contribution >= 4 is 17.7 Å². The Kier molecular flexibility index (Phi) is 3.57. The molecule has 3 nitrogen and oxygen atoms in total. The van der Waals surface area contributed by atoms with Crippen molar-refractivity contribution in [2.75, 3.05) is 18.8 Å². The van der Waals surface area contributed by atoms with E-state index in [4.69, 9.17) is 5.11 Å². The first-order chi connectivity index (χ1) is 8.28. The Labute approximate surface area is 108 Å². The molecule has 104 valence electrons. The van der Waals surface area contributed by atoms with Crippen LogP contribution in [0.25, 0.3) is 0 Å². The van der Waals surface area contributed by atoms with Gasteiger partial charge in [-0.3, -0.25) is 9.69 Å². The molecular formula is C11H16F3NO2S. The molecule has 2 heterocycles. The zero-order valence-corrected chi connectivity index (χ0v) is 10.9. The molecule has 2 aliphatic rings. The summed E-state index contributed by atoms with van der Waals surface area (Å²) in [4.78, 5) is 12.8. The lowest BCUT2D eigenvalue weighted by molar-refractivity contribution is -0.227. The highest BCUT2D eigenvalue weighted by atomic mass is 32.2. The monoisotopic (exact) mass is 283 g/mol. The van der Waals surface area contributed by atoms with Gasteiger partial charge < -0.3 is 5.11 Å². The minimum Gasteiger partial charge on any atom is -0.481 e. The first kappa shape index (κ1) is 14.0. The topological polar surface area (TPSA) is 40.5 Å². The van der Waals surface area contributed by atoms with Gasteiger partial charge in [-0.15, -0.1) is 0 Å². The molecule has 0 aromatic rings. The van der Waals surface area contributed by atoms with Crippen LogP contribution in [0.2, 0.25) is 0 Å². The molecule has 18 heavy (non-hydrogen) atoms. The second-order valence-corrected chi connectivity index (χ2v) is 6.52. The molecule has 3 unspecified atom stereocenters. The second kappa shape index (κ2) is 4.59. The third-order valence-corrected chi connectivity index (χ3v) is 5.37. The maximum atomic E-state index is 13.0. The van der Waals surface area contributed by atoms with Gasteiger partial charge in [-0.25, -0.2) is 0 Å². The number of alkyl halides is 3. The van der Waals surface area contributed by atoms with Gasteiger partial charge in [0.15, 0.2) is 5.41 Å². The van der Waals surface area contributed by atoms with Crippen LogP contribution < -0.4 is 0 Å². The van der Waals surface area contributed by atoms with E-state index in [9.17, 15) is 18.0 Å². The van der Waals surface area contributed by atoms with Crippen molar-refractivity contribution in [3.05, 3.63) is 0 Å². The van der Waals surface area contributed by atoms with E-state index in [0.717, 1.165) is 12.2 Å². The first-order valence-electron chi connectivity index (χ1n) is 5.94. The molecule has 2 saturated heterocycles. The average molecular weight is 283 g/mol. The van der Waals surface area contributed by atoms with Gasteiger partial charge in [0.2, 0.25) is 0 Å². The van der Waals surface area contributed by atoms with E-state index in [0.29, 0.717) is 0 Å². The van der Waals surface area contributed by atoms with Gasteiger partial charge in [0.1, 0.15) is 0 Å². The first-order valence-corrected chi connectivity index (χ1v) is 6.98. The number of hydrogen-bond acceptors (Lipinski definition) is 3. The lowest BCUT2D eigenvalue weighted by atomic mass is 9.86. The summed E-state index contributed by atoms with van der Waals surface area (Å²) >= 11 is 1.74. The summed E-state index contributed by atoms with van der Waals surface area (Å²) in [6.45, 7) is 1.82. The number of carbonyl (C=O) groups is 1. The Morgan fingerprint density at radius 1 is 1.50 bits per heavy atom. The van der Waals surface area contributed by atoms with E-state index < -0.39 is 24.1 Å². The van der Waals surface area contributed by atoms with Crippen molar-refractivity contribution in [1.82, 2.24) is 4.90 Å². The zero-order chi connectivity index (χ0) is 13.6. The van der Waals surface area contributed by atoms with Gasteiger partial charge in [0, 0.05) is 24.4 Å². The predicted molar refractivity (Wildman–Crippen MR) is 62.6 cm³/mol. The summed E-state index contributed by atoms with van der Waals surface area (Å²) in [7, 11) is 0. The number of thioether (sulfide) groups is 1. The minimum atomic E-state index is -4.68. The largest absolute Gasteiger partial charge is 0.481 e. The second-order valence-electron chi connectivity index (χ2n) is 5.04. The predicted octanol–water partition coefficient (Wildman–Crippen LogP) is 2.22. The van der Waals surface area contributed by atoms with Crippen LogP contribution >= 0.6 is 11.8 Å². The van der Waals surface area contributed by atoms with E-state index in [1.165, 1.54) is 0 Å². The van der Waals surface area contributed by atoms with Crippen LogP contribution in [-0.2, 0) is 4.79 Å². The van der Waals surface area contributed by atoms with Crippen molar-refractivity contribution < 1.29 is 23.1 Å². The van der Waals surface area contributed by atoms with Crippen molar-refractivity contribution in [3.63, 3.8) is 0 Å². The van der Waals surface area contributed by atoms with Gasteiger partial charge in [0.25, 0.3) is 0 Å². The third kappa shape index (κ3) is 2.11. The fraction of sp³-hybridized carbons (Fsp3) is 0.909. The number of likely N-dealkylation sites (tertiary alicyclic amines) is 1. The quantitative estimate of drug-likeness (QED) is 0.843. The lowest BCUT2D eigenvalue weighted by Crippen LogP contribution is -2.48. The van der Waals surface area contributed by atoms with Crippen LogP contribution in [0.5, 0.6) is 0 Å². The Morgan fingerprint density at radius 3 is 2.56 bits per heavy atom. The van der Waals surface area contributed by atoms with Gasteiger partial charge in [-0.2, -0.15) is 24.9 Å². The Morgan fingerprint density at radius 2 is 2.17 bits per heavy atom. The van der Waals surface area contributed by atoms with Crippen molar-refractivity contribution in [2.45, 2.75) is 37.2 Å². The molecule has 2 aliphatic heterocycles. The number of hydrogen-bond donors (Lipinski definition) is 1. The zero-order valence-electron chi connectivity index (χ0n) is 10.0. The SMILES string of the molecule is CC1SCCC1N1CCC(C(=O)O)(C(F)(F)F)C1. The minimum absolute atomic E-state index is 0.0820. The summed E-state index contributed by atoms with van der Waals surface area (Å²) < 4.78 is 39.0. The van der Waals surface area contributed by atoms with Crippen LogP contribution in [-0.4, -0.2) is 52.3 Å². The number of halogens is 3. The van der Waals surface area contributed by atoms with Gasteiger partial charge in [-0.1, -0.05) is 6.92 Å². The number of carboxylic acids is 1. The van der Waals surface area contributed by atoms with Crippen LogP contribution in [0.1, 0.15) is 19.8 Å². The molecule has 1 N–H and O–H groups in total.